The number of hydrogen-bond acceptors (Lipinski definition) is 3. The zero-order chi connectivity index (χ0) is 63.0. The third-order valence-electron chi connectivity index (χ3n) is 21.7. The maximum Gasteiger partial charge on any atom is 0.252 e. The lowest BCUT2D eigenvalue weighted by atomic mass is 9.33. The first kappa shape index (κ1) is 58.9. The minimum Gasteiger partial charge on any atom is -0.311 e. The molecular weight excluding hydrogens is 1080 g/mol. The van der Waals surface area contributed by atoms with E-state index in [4.69, 9.17) is 0 Å². The third-order valence-corrected chi connectivity index (χ3v) is 21.7. The van der Waals surface area contributed by atoms with Gasteiger partial charge in [0.15, 0.2) is 0 Å². The van der Waals surface area contributed by atoms with Crippen LogP contribution in [0, 0.1) is 13.8 Å². The highest BCUT2D eigenvalue weighted by atomic mass is 15.2. The third kappa shape index (κ3) is 9.43. The van der Waals surface area contributed by atoms with Gasteiger partial charge in [0, 0.05) is 62.0 Å². The molecule has 2 aliphatic carbocycles. The van der Waals surface area contributed by atoms with Gasteiger partial charge in [-0.2, -0.15) is 0 Å². The summed E-state index contributed by atoms with van der Waals surface area (Å²) < 4.78 is 2.45. The topological polar surface area (TPSA) is 14.7 Å². The number of aryl methyl sites for hydroxylation is 2. The summed E-state index contributed by atoms with van der Waals surface area (Å²) in [4.78, 5) is 8.00. The number of hydrogen-bond donors (Lipinski definition) is 0. The van der Waals surface area contributed by atoms with Crippen molar-refractivity contribution in [1.82, 2.24) is 4.57 Å². The molecule has 0 spiro atoms. The summed E-state index contributed by atoms with van der Waals surface area (Å²) in [5, 5.41) is 2.49. The van der Waals surface area contributed by atoms with Gasteiger partial charge >= 0.3 is 0 Å². The molecule has 452 valence electrons. The fourth-order valence-corrected chi connectivity index (χ4v) is 16.1. The van der Waals surface area contributed by atoms with Crippen LogP contribution in [0.1, 0.15) is 193 Å². The van der Waals surface area contributed by atoms with Gasteiger partial charge in [-0.3, -0.25) is 0 Å². The normalized spacial score (nSPS) is 17.0. The predicted octanol–water partition coefficient (Wildman–Crippen LogP) is 21.5. The van der Waals surface area contributed by atoms with Crippen molar-refractivity contribution in [3.8, 4) is 5.69 Å². The van der Waals surface area contributed by atoms with Gasteiger partial charge in [0.2, 0.25) is 0 Å². The van der Waals surface area contributed by atoms with Gasteiger partial charge < -0.3 is 19.3 Å². The second kappa shape index (κ2) is 19.9. The molecule has 1 aromatic heterocycles. The Morgan fingerprint density at radius 3 is 1.48 bits per heavy atom. The highest BCUT2D eigenvalue weighted by Crippen LogP contribution is 2.55. The molecule has 9 aromatic carbocycles. The highest BCUT2D eigenvalue weighted by Gasteiger charge is 2.48. The fourth-order valence-electron chi connectivity index (χ4n) is 16.1. The average Bonchev–Trinajstić information content (AvgIpc) is 1.22. The monoisotopic (exact) mass is 1170 g/mol. The van der Waals surface area contributed by atoms with E-state index in [1.54, 1.807) is 0 Å². The molecule has 0 radical (unpaired) electrons. The van der Waals surface area contributed by atoms with Crippen LogP contribution in [-0.4, -0.2) is 11.3 Å². The standard InChI is InChI=1S/C84H93BN4/c1-52-43-55(79(6,7)8)44-53(2)77(52)89-72-49-61(86(58-31-29-54(30-32-58)78(3,4)5)60-33-36-63-62-27-23-24-28-70(62)87(71(63)48-60)57-25-21-20-22-26-57)35-38-68(72)85-69-50-66-67(84(18,19)42-41-83(66,16)17)51-73(69)88(74-45-56(80(9,10)11)46-75(89)76(74)85)59-34-37-64-65(47-59)82(14,15)40-39-81(64,12)13/h20-38,43-51H,39-42H2,1-19H3. The summed E-state index contributed by atoms with van der Waals surface area (Å²) in [6.07, 6.45) is 4.64. The molecule has 0 atom stereocenters. The first-order chi connectivity index (χ1) is 41.8. The number of aromatic nitrogens is 1. The number of para-hydroxylation sites is 2. The smallest absolute Gasteiger partial charge is 0.252 e. The van der Waals surface area contributed by atoms with Gasteiger partial charge in [0.1, 0.15) is 0 Å². The molecular formula is C84H93BN4. The summed E-state index contributed by atoms with van der Waals surface area (Å²) in [5.74, 6) is 0. The molecule has 0 saturated heterocycles. The minimum absolute atomic E-state index is 0.00187. The summed E-state index contributed by atoms with van der Waals surface area (Å²) in [6, 6.07) is 67.1. The van der Waals surface area contributed by atoms with Crippen molar-refractivity contribution in [1.29, 1.82) is 0 Å². The molecule has 5 heteroatoms. The molecule has 0 amide bonds. The van der Waals surface area contributed by atoms with E-state index in [0.717, 1.165) is 42.0 Å². The Morgan fingerprint density at radius 2 is 0.865 bits per heavy atom. The molecule has 4 aliphatic rings. The largest absolute Gasteiger partial charge is 0.311 e. The molecule has 2 aliphatic heterocycles. The lowest BCUT2D eigenvalue weighted by Gasteiger charge is -2.48. The Labute approximate surface area is 533 Å². The van der Waals surface area contributed by atoms with Crippen molar-refractivity contribution >= 4 is 96.1 Å². The van der Waals surface area contributed by atoms with E-state index >= 15 is 0 Å². The minimum atomic E-state index is -0.179. The molecule has 14 rings (SSSR count). The van der Waals surface area contributed by atoms with Crippen molar-refractivity contribution in [2.24, 2.45) is 0 Å². The zero-order valence-corrected chi connectivity index (χ0v) is 56.9. The Morgan fingerprint density at radius 1 is 0.371 bits per heavy atom. The van der Waals surface area contributed by atoms with Gasteiger partial charge in [-0.1, -0.05) is 203 Å². The molecule has 0 saturated carbocycles. The second-order valence-corrected chi connectivity index (χ2v) is 33.0. The van der Waals surface area contributed by atoms with Gasteiger partial charge in [0.05, 0.1) is 16.7 Å². The van der Waals surface area contributed by atoms with E-state index in [0.29, 0.717) is 0 Å². The molecule has 4 nitrogen and oxygen atoms in total. The summed E-state index contributed by atoms with van der Waals surface area (Å²) in [6.45, 7) is 45.8. The maximum atomic E-state index is 2.74. The lowest BCUT2D eigenvalue weighted by molar-refractivity contribution is 0.332. The van der Waals surface area contributed by atoms with Crippen LogP contribution in [0.15, 0.2) is 170 Å². The average molecular weight is 1170 g/mol. The molecule has 10 aromatic rings. The Bertz CT molecular complexity index is 4500. The van der Waals surface area contributed by atoms with Crippen LogP contribution < -0.4 is 31.1 Å². The van der Waals surface area contributed by atoms with Crippen LogP contribution in [0.2, 0.25) is 0 Å². The van der Waals surface area contributed by atoms with Crippen molar-refractivity contribution in [3.63, 3.8) is 0 Å². The van der Waals surface area contributed by atoms with Crippen molar-refractivity contribution in [2.45, 2.75) is 195 Å². The van der Waals surface area contributed by atoms with Crippen LogP contribution in [0.4, 0.5) is 51.2 Å². The molecule has 0 unspecified atom stereocenters. The number of rotatable bonds is 6. The van der Waals surface area contributed by atoms with Gasteiger partial charge in [-0.15, -0.1) is 0 Å². The Balaban J connectivity index is 1.09. The predicted molar refractivity (Wildman–Crippen MR) is 386 cm³/mol. The first-order valence-corrected chi connectivity index (χ1v) is 33.2. The second-order valence-electron chi connectivity index (χ2n) is 33.0. The number of nitrogens with zero attached hydrogens (tertiary/aromatic N) is 4. The van der Waals surface area contributed by atoms with E-state index in [1.165, 1.54) is 129 Å². The summed E-state index contributed by atoms with van der Waals surface area (Å²) in [7, 11) is 0. The maximum absolute atomic E-state index is 2.74. The van der Waals surface area contributed by atoms with E-state index in [-0.39, 0.29) is 44.6 Å². The molecule has 0 bridgehead atoms. The Hall–Kier alpha value is -7.76. The van der Waals surface area contributed by atoms with E-state index in [2.05, 4.69) is 321 Å². The molecule has 3 heterocycles. The number of fused-ring (bicyclic) bond motifs is 9. The summed E-state index contributed by atoms with van der Waals surface area (Å²) >= 11 is 0. The van der Waals surface area contributed by atoms with Crippen LogP contribution >= 0.6 is 0 Å². The van der Waals surface area contributed by atoms with Gasteiger partial charge in [-0.25, -0.2) is 0 Å². The quantitative estimate of drug-likeness (QED) is 0.154. The van der Waals surface area contributed by atoms with E-state index in [9.17, 15) is 0 Å². The van der Waals surface area contributed by atoms with Crippen molar-refractivity contribution in [3.05, 3.63) is 220 Å². The molecule has 0 N–H and O–H groups in total. The van der Waals surface area contributed by atoms with Crippen molar-refractivity contribution < 1.29 is 0 Å². The molecule has 0 fully saturated rings. The van der Waals surface area contributed by atoms with Gasteiger partial charge in [0.25, 0.3) is 6.71 Å². The zero-order valence-electron chi connectivity index (χ0n) is 56.9. The first-order valence-electron chi connectivity index (χ1n) is 33.2. The number of anilines is 9. The van der Waals surface area contributed by atoms with Crippen LogP contribution in [0.5, 0.6) is 0 Å². The van der Waals surface area contributed by atoms with Crippen LogP contribution in [-0.2, 0) is 37.9 Å². The number of benzene rings is 9. The lowest BCUT2D eigenvalue weighted by Crippen LogP contribution is -2.62. The highest BCUT2D eigenvalue weighted by molar-refractivity contribution is 7.00. The van der Waals surface area contributed by atoms with Crippen LogP contribution in [0.25, 0.3) is 27.5 Å². The molecule has 89 heavy (non-hydrogen) atoms. The fraction of sp³-hybridized carbons (Fsp3) is 0.357. The SMILES string of the molecule is Cc1cc(C(C)(C)C)cc(C)c1N1c2cc(N(c3ccc(C(C)(C)C)cc3)c3ccc4c5ccccc5n(-c5ccccc5)c4c3)ccc2B2c3cc4c(cc3N(c3ccc5c(c3)C(C)(C)CCC5(C)C)c3cc(C(C)(C)C)cc1c32)C(C)(C)CCC4(C)C. The summed E-state index contributed by atoms with van der Waals surface area (Å²) in [5.41, 5.74) is 31.0. The van der Waals surface area contributed by atoms with Crippen molar-refractivity contribution in [2.75, 3.05) is 14.7 Å². The van der Waals surface area contributed by atoms with Gasteiger partial charge in [-0.05, 0) is 229 Å². The Kier molecular flexibility index (Phi) is 13.2. The van der Waals surface area contributed by atoms with Crippen LogP contribution in [0.3, 0.4) is 0 Å². The van der Waals surface area contributed by atoms with E-state index < -0.39 is 0 Å². The van der Waals surface area contributed by atoms with E-state index in [1.807, 2.05) is 0 Å².